The van der Waals surface area contributed by atoms with Crippen LogP contribution in [-0.2, 0) is 4.79 Å². The van der Waals surface area contributed by atoms with Gasteiger partial charge < -0.3 is 15.4 Å². The molecule has 0 spiro atoms. The third-order valence-corrected chi connectivity index (χ3v) is 3.29. The fourth-order valence-electron chi connectivity index (χ4n) is 1.70. The highest BCUT2D eigenvalue weighted by molar-refractivity contribution is 9.10. The van der Waals surface area contributed by atoms with Crippen LogP contribution in [0.15, 0.2) is 16.6 Å². The van der Waals surface area contributed by atoms with Crippen molar-refractivity contribution < 1.29 is 14.3 Å². The number of hydrogen-bond donors (Lipinski definition) is 3. The van der Waals surface area contributed by atoms with Gasteiger partial charge in [0.15, 0.2) is 5.75 Å². The Hall–Kier alpha value is -1.47. The fraction of sp³-hybridized carbons (Fsp3) is 0.467. The van der Waals surface area contributed by atoms with Crippen LogP contribution in [-0.4, -0.2) is 30.6 Å². The zero-order valence-corrected chi connectivity index (χ0v) is 15.9. The molecule has 0 aliphatic carbocycles. The lowest BCUT2D eigenvalue weighted by atomic mass is 10.1. The highest BCUT2D eigenvalue weighted by Crippen LogP contribution is 2.36. The molecular formula is C15H21BrClN3O3. The summed E-state index contributed by atoms with van der Waals surface area (Å²) in [5, 5.41) is 8.31. The van der Waals surface area contributed by atoms with Crippen molar-refractivity contribution in [3.05, 3.63) is 21.6 Å². The molecule has 0 saturated carbocycles. The summed E-state index contributed by atoms with van der Waals surface area (Å²) >= 11 is 9.37. The SMILES string of the molecule is CCOc1c(Br)cc(Cl)cc1NCC(=O)NC(=O)NC(C)(C)C. The van der Waals surface area contributed by atoms with Gasteiger partial charge in [-0.15, -0.1) is 0 Å². The summed E-state index contributed by atoms with van der Waals surface area (Å²) < 4.78 is 6.20. The van der Waals surface area contributed by atoms with E-state index in [4.69, 9.17) is 16.3 Å². The minimum atomic E-state index is -0.540. The summed E-state index contributed by atoms with van der Waals surface area (Å²) in [6.45, 7) is 7.71. The van der Waals surface area contributed by atoms with Gasteiger partial charge >= 0.3 is 6.03 Å². The molecule has 0 unspecified atom stereocenters. The predicted octanol–water partition coefficient (Wildman–Crippen LogP) is 3.54. The molecule has 0 heterocycles. The summed E-state index contributed by atoms with van der Waals surface area (Å²) in [6.07, 6.45) is 0. The fourth-order valence-corrected chi connectivity index (χ4v) is 2.63. The number of urea groups is 1. The Morgan fingerprint density at radius 2 is 1.96 bits per heavy atom. The number of hydrogen-bond acceptors (Lipinski definition) is 4. The molecule has 1 aromatic carbocycles. The molecule has 1 rings (SSSR count). The van der Waals surface area contributed by atoms with Gasteiger partial charge in [0.25, 0.3) is 0 Å². The summed E-state index contributed by atoms with van der Waals surface area (Å²) in [5.41, 5.74) is 0.148. The van der Waals surface area contributed by atoms with Crippen molar-refractivity contribution in [2.24, 2.45) is 0 Å². The van der Waals surface area contributed by atoms with Gasteiger partial charge in [-0.1, -0.05) is 11.6 Å². The Labute approximate surface area is 149 Å². The highest BCUT2D eigenvalue weighted by Gasteiger charge is 2.16. The Morgan fingerprint density at radius 3 is 2.52 bits per heavy atom. The lowest BCUT2D eigenvalue weighted by molar-refractivity contribution is -0.118. The second-order valence-corrected chi connectivity index (χ2v) is 7.09. The van der Waals surface area contributed by atoms with Crippen LogP contribution in [0, 0.1) is 0 Å². The molecule has 6 nitrogen and oxygen atoms in total. The van der Waals surface area contributed by atoms with E-state index in [2.05, 4.69) is 31.9 Å². The number of carbonyl (C=O) groups is 2. The van der Waals surface area contributed by atoms with E-state index in [1.54, 1.807) is 12.1 Å². The number of imide groups is 1. The maximum Gasteiger partial charge on any atom is 0.321 e. The predicted molar refractivity (Wildman–Crippen MR) is 95.2 cm³/mol. The van der Waals surface area contributed by atoms with Gasteiger partial charge in [0.1, 0.15) is 0 Å². The largest absolute Gasteiger partial charge is 0.491 e. The number of amides is 3. The molecule has 3 amide bonds. The second-order valence-electron chi connectivity index (χ2n) is 5.80. The van der Waals surface area contributed by atoms with E-state index in [0.717, 1.165) is 0 Å². The molecule has 0 aliphatic heterocycles. The van der Waals surface area contributed by atoms with Gasteiger partial charge in [-0.2, -0.15) is 0 Å². The van der Waals surface area contributed by atoms with Crippen LogP contribution in [0.4, 0.5) is 10.5 Å². The molecule has 1 aromatic rings. The third kappa shape index (κ3) is 7.09. The topological polar surface area (TPSA) is 79.5 Å². The number of ether oxygens (including phenoxy) is 1. The molecule has 0 saturated heterocycles. The summed E-state index contributed by atoms with van der Waals surface area (Å²) in [7, 11) is 0. The number of halogens is 2. The van der Waals surface area contributed by atoms with Crippen LogP contribution in [0.1, 0.15) is 27.7 Å². The van der Waals surface area contributed by atoms with Crippen molar-refractivity contribution in [3.8, 4) is 5.75 Å². The number of anilines is 1. The van der Waals surface area contributed by atoms with Crippen LogP contribution >= 0.6 is 27.5 Å². The van der Waals surface area contributed by atoms with Gasteiger partial charge in [-0.25, -0.2) is 4.79 Å². The van der Waals surface area contributed by atoms with Gasteiger partial charge in [-0.05, 0) is 55.8 Å². The zero-order chi connectivity index (χ0) is 17.6. The van der Waals surface area contributed by atoms with Crippen molar-refractivity contribution in [3.63, 3.8) is 0 Å². The van der Waals surface area contributed by atoms with E-state index in [0.29, 0.717) is 27.5 Å². The maximum absolute atomic E-state index is 11.8. The van der Waals surface area contributed by atoms with Crippen molar-refractivity contribution in [2.45, 2.75) is 33.2 Å². The first-order valence-corrected chi connectivity index (χ1v) is 8.27. The van der Waals surface area contributed by atoms with E-state index in [9.17, 15) is 9.59 Å². The Kier molecular flexibility index (Phi) is 7.15. The molecule has 3 N–H and O–H groups in total. The standard InChI is InChI=1S/C15H21BrClN3O3/c1-5-23-13-10(16)6-9(17)7-11(13)18-8-12(21)19-14(22)20-15(2,3)4/h6-7,18H,5,8H2,1-4H3,(H2,19,20,21,22). The van der Waals surface area contributed by atoms with E-state index in [1.807, 2.05) is 27.7 Å². The third-order valence-electron chi connectivity index (χ3n) is 2.48. The molecule has 0 atom stereocenters. The number of nitrogens with one attached hydrogen (secondary N) is 3. The van der Waals surface area contributed by atoms with Gasteiger partial charge in [-0.3, -0.25) is 10.1 Å². The Morgan fingerprint density at radius 1 is 1.30 bits per heavy atom. The molecule has 128 valence electrons. The number of carbonyl (C=O) groups excluding carboxylic acids is 2. The summed E-state index contributed by atoms with van der Waals surface area (Å²) in [4.78, 5) is 23.5. The second kappa shape index (κ2) is 8.40. The van der Waals surface area contributed by atoms with Gasteiger partial charge in [0.2, 0.25) is 5.91 Å². The minimum absolute atomic E-state index is 0.0928. The molecule has 0 bridgehead atoms. The molecule has 23 heavy (non-hydrogen) atoms. The molecular weight excluding hydrogens is 386 g/mol. The van der Waals surface area contributed by atoms with Gasteiger partial charge in [0, 0.05) is 10.6 Å². The first kappa shape index (κ1) is 19.6. The Bertz CT molecular complexity index is 588. The lowest BCUT2D eigenvalue weighted by Gasteiger charge is -2.20. The average Bonchev–Trinajstić information content (AvgIpc) is 2.37. The van der Waals surface area contributed by atoms with Crippen molar-refractivity contribution in [1.82, 2.24) is 10.6 Å². The summed E-state index contributed by atoms with van der Waals surface area (Å²) in [5.74, 6) is 0.0918. The maximum atomic E-state index is 11.8. The highest BCUT2D eigenvalue weighted by atomic mass is 79.9. The first-order valence-electron chi connectivity index (χ1n) is 7.10. The molecule has 0 radical (unpaired) electrons. The summed E-state index contributed by atoms with van der Waals surface area (Å²) in [6, 6.07) is 2.82. The van der Waals surface area contributed by atoms with E-state index < -0.39 is 17.5 Å². The molecule has 0 aromatic heterocycles. The van der Waals surface area contributed by atoms with Crippen LogP contribution < -0.4 is 20.7 Å². The number of rotatable bonds is 5. The van der Waals surface area contributed by atoms with Crippen LogP contribution in [0.25, 0.3) is 0 Å². The molecule has 0 aliphatic rings. The minimum Gasteiger partial charge on any atom is -0.491 e. The zero-order valence-electron chi connectivity index (χ0n) is 13.5. The average molecular weight is 407 g/mol. The quantitative estimate of drug-likeness (QED) is 0.699. The van der Waals surface area contributed by atoms with E-state index in [1.165, 1.54) is 0 Å². The monoisotopic (exact) mass is 405 g/mol. The lowest BCUT2D eigenvalue weighted by Crippen LogP contribution is -2.49. The number of benzene rings is 1. The van der Waals surface area contributed by atoms with Crippen LogP contribution in [0.5, 0.6) is 5.75 Å². The first-order chi connectivity index (χ1) is 10.6. The molecule has 8 heteroatoms. The van der Waals surface area contributed by atoms with Crippen molar-refractivity contribution in [1.29, 1.82) is 0 Å². The Balaban J connectivity index is 2.67. The van der Waals surface area contributed by atoms with Crippen LogP contribution in [0.2, 0.25) is 5.02 Å². The molecule has 0 fully saturated rings. The van der Waals surface area contributed by atoms with E-state index >= 15 is 0 Å². The van der Waals surface area contributed by atoms with Crippen LogP contribution in [0.3, 0.4) is 0 Å². The van der Waals surface area contributed by atoms with Gasteiger partial charge in [0.05, 0.1) is 23.3 Å². The van der Waals surface area contributed by atoms with Crippen molar-refractivity contribution in [2.75, 3.05) is 18.5 Å². The van der Waals surface area contributed by atoms with E-state index in [-0.39, 0.29) is 6.54 Å². The normalized spacial score (nSPS) is 10.9. The smallest absolute Gasteiger partial charge is 0.321 e. The van der Waals surface area contributed by atoms with Crippen molar-refractivity contribution >= 4 is 45.2 Å².